The number of aliphatic carboxylic acids is 1. The molecule has 110 valence electrons. The smallest absolute Gasteiger partial charge is 0.312 e. The Hall–Kier alpha value is -2.20. The highest BCUT2D eigenvalue weighted by molar-refractivity contribution is 5.76. The van der Waals surface area contributed by atoms with Gasteiger partial charge >= 0.3 is 5.97 Å². The van der Waals surface area contributed by atoms with Gasteiger partial charge in [0.05, 0.1) is 5.92 Å². The van der Waals surface area contributed by atoms with Gasteiger partial charge in [0.25, 0.3) is 0 Å². The van der Waals surface area contributed by atoms with Gasteiger partial charge in [-0.25, -0.2) is 4.39 Å². The van der Waals surface area contributed by atoms with Crippen LogP contribution in [-0.4, -0.2) is 29.6 Å². The largest absolute Gasteiger partial charge is 0.481 e. The van der Waals surface area contributed by atoms with Gasteiger partial charge in [0.2, 0.25) is 0 Å². The first-order chi connectivity index (χ1) is 10.1. The minimum atomic E-state index is -0.874. The molecular weight excluding hydrogens is 269 g/mol. The third kappa shape index (κ3) is 4.13. The van der Waals surface area contributed by atoms with E-state index in [1.807, 2.05) is 23.1 Å². The Labute approximate surface area is 123 Å². The number of carboxylic acids is 1. The molecule has 1 unspecified atom stereocenters. The van der Waals surface area contributed by atoms with Crippen LogP contribution in [0.4, 0.5) is 4.39 Å². The Morgan fingerprint density at radius 3 is 2.38 bits per heavy atom. The number of nitrogens with zero attached hydrogens (tertiary/aromatic N) is 1. The summed E-state index contributed by atoms with van der Waals surface area (Å²) in [5.74, 6) is -1.76. The molecule has 0 aliphatic heterocycles. The van der Waals surface area contributed by atoms with Crippen LogP contribution in [-0.2, 0) is 11.3 Å². The zero-order valence-electron chi connectivity index (χ0n) is 11.9. The van der Waals surface area contributed by atoms with Crippen LogP contribution in [0.3, 0.4) is 0 Å². The second kappa shape index (κ2) is 6.99. The van der Waals surface area contributed by atoms with Gasteiger partial charge in [-0.05, 0) is 18.7 Å². The third-order valence-electron chi connectivity index (χ3n) is 3.39. The van der Waals surface area contributed by atoms with E-state index in [2.05, 4.69) is 0 Å². The van der Waals surface area contributed by atoms with Crippen LogP contribution in [0.2, 0.25) is 0 Å². The fraction of sp³-hybridized carbons (Fsp3) is 0.235. The molecule has 1 atom stereocenters. The van der Waals surface area contributed by atoms with Gasteiger partial charge in [0.1, 0.15) is 5.82 Å². The van der Waals surface area contributed by atoms with E-state index in [0.717, 1.165) is 5.56 Å². The van der Waals surface area contributed by atoms with Crippen molar-refractivity contribution in [3.63, 3.8) is 0 Å². The fourth-order valence-corrected chi connectivity index (χ4v) is 2.31. The maximum absolute atomic E-state index is 13.6. The Bertz CT molecular complexity index is 601. The van der Waals surface area contributed by atoms with E-state index in [1.165, 1.54) is 6.07 Å². The van der Waals surface area contributed by atoms with E-state index < -0.39 is 11.9 Å². The van der Waals surface area contributed by atoms with Crippen molar-refractivity contribution in [1.29, 1.82) is 0 Å². The Kier molecular flexibility index (Phi) is 5.06. The van der Waals surface area contributed by atoms with E-state index in [4.69, 9.17) is 0 Å². The summed E-state index contributed by atoms with van der Waals surface area (Å²) >= 11 is 0. The summed E-state index contributed by atoms with van der Waals surface area (Å²) < 4.78 is 13.6. The molecule has 0 heterocycles. The van der Waals surface area contributed by atoms with E-state index in [9.17, 15) is 14.3 Å². The van der Waals surface area contributed by atoms with E-state index >= 15 is 0 Å². The van der Waals surface area contributed by atoms with Gasteiger partial charge in [0.15, 0.2) is 0 Å². The molecular formula is C17H18FNO2. The van der Waals surface area contributed by atoms with Crippen LogP contribution in [0.25, 0.3) is 0 Å². The molecule has 0 radical (unpaired) electrons. The Balaban J connectivity index is 2.07. The molecule has 0 aromatic heterocycles. The minimum absolute atomic E-state index is 0.268. The molecule has 1 N–H and O–H groups in total. The van der Waals surface area contributed by atoms with Crippen molar-refractivity contribution >= 4 is 5.97 Å². The number of carbonyl (C=O) groups is 1. The van der Waals surface area contributed by atoms with Crippen molar-refractivity contribution in [2.24, 2.45) is 0 Å². The van der Waals surface area contributed by atoms with Gasteiger partial charge in [-0.2, -0.15) is 0 Å². The SMILES string of the molecule is CN(Cc1ccccc1F)CC(C(=O)O)c1ccccc1. The molecule has 0 bridgehead atoms. The number of carboxylic acid groups (broad SMARTS) is 1. The number of benzene rings is 2. The summed E-state index contributed by atoms with van der Waals surface area (Å²) in [4.78, 5) is 13.3. The maximum Gasteiger partial charge on any atom is 0.312 e. The molecule has 0 saturated heterocycles. The third-order valence-corrected chi connectivity index (χ3v) is 3.39. The highest BCUT2D eigenvalue weighted by Crippen LogP contribution is 2.18. The van der Waals surface area contributed by atoms with Crippen LogP contribution in [0.15, 0.2) is 54.6 Å². The summed E-state index contributed by atoms with van der Waals surface area (Å²) in [5.41, 5.74) is 1.32. The normalized spacial score (nSPS) is 12.3. The van der Waals surface area contributed by atoms with Crippen molar-refractivity contribution in [3.8, 4) is 0 Å². The second-order valence-electron chi connectivity index (χ2n) is 5.09. The molecule has 4 heteroatoms. The number of likely N-dealkylation sites (N-methyl/N-ethyl adjacent to an activating group) is 1. The van der Waals surface area contributed by atoms with Crippen molar-refractivity contribution in [3.05, 3.63) is 71.5 Å². The van der Waals surface area contributed by atoms with Crippen LogP contribution < -0.4 is 0 Å². The molecule has 3 nitrogen and oxygen atoms in total. The van der Waals surface area contributed by atoms with E-state index in [1.54, 1.807) is 37.4 Å². The molecule has 2 rings (SSSR count). The first-order valence-electron chi connectivity index (χ1n) is 6.77. The molecule has 0 saturated carbocycles. The number of rotatable bonds is 6. The molecule has 21 heavy (non-hydrogen) atoms. The second-order valence-corrected chi connectivity index (χ2v) is 5.09. The molecule has 0 amide bonds. The molecule has 0 spiro atoms. The number of hydrogen-bond acceptors (Lipinski definition) is 2. The predicted molar refractivity (Wildman–Crippen MR) is 79.6 cm³/mol. The van der Waals surface area contributed by atoms with Gasteiger partial charge in [-0.15, -0.1) is 0 Å². The molecule has 2 aromatic carbocycles. The lowest BCUT2D eigenvalue weighted by Gasteiger charge is -2.22. The maximum atomic E-state index is 13.6. The average molecular weight is 287 g/mol. The summed E-state index contributed by atoms with van der Waals surface area (Å²) in [7, 11) is 1.80. The summed E-state index contributed by atoms with van der Waals surface area (Å²) in [6.07, 6.45) is 0. The van der Waals surface area contributed by atoms with E-state index in [-0.39, 0.29) is 5.82 Å². The van der Waals surface area contributed by atoms with Gasteiger partial charge in [0, 0.05) is 18.7 Å². The monoisotopic (exact) mass is 287 g/mol. The number of halogens is 1. The lowest BCUT2D eigenvalue weighted by atomic mass is 9.98. The standard InChI is InChI=1S/C17H18FNO2/c1-19(11-14-9-5-6-10-16(14)18)12-15(17(20)21)13-7-3-2-4-8-13/h2-10,15H,11-12H2,1H3,(H,20,21). The van der Waals surface area contributed by atoms with Crippen molar-refractivity contribution in [2.45, 2.75) is 12.5 Å². The van der Waals surface area contributed by atoms with Crippen molar-refractivity contribution < 1.29 is 14.3 Å². The van der Waals surface area contributed by atoms with Crippen LogP contribution in [0.1, 0.15) is 17.0 Å². The molecule has 0 aliphatic rings. The molecule has 0 aliphatic carbocycles. The summed E-state index contributed by atoms with van der Waals surface area (Å²) in [6, 6.07) is 15.6. The van der Waals surface area contributed by atoms with Crippen LogP contribution >= 0.6 is 0 Å². The Morgan fingerprint density at radius 2 is 1.76 bits per heavy atom. The average Bonchev–Trinajstić information content (AvgIpc) is 2.48. The zero-order chi connectivity index (χ0) is 15.2. The summed E-state index contributed by atoms with van der Waals surface area (Å²) in [5, 5.41) is 9.40. The minimum Gasteiger partial charge on any atom is -0.481 e. The van der Waals surface area contributed by atoms with Crippen molar-refractivity contribution in [1.82, 2.24) is 4.90 Å². The quantitative estimate of drug-likeness (QED) is 0.887. The lowest BCUT2D eigenvalue weighted by Crippen LogP contribution is -2.29. The number of hydrogen-bond donors (Lipinski definition) is 1. The highest BCUT2D eigenvalue weighted by atomic mass is 19.1. The fourth-order valence-electron chi connectivity index (χ4n) is 2.31. The zero-order valence-corrected chi connectivity index (χ0v) is 11.9. The van der Waals surface area contributed by atoms with Crippen molar-refractivity contribution in [2.75, 3.05) is 13.6 Å². The summed E-state index contributed by atoms with van der Waals surface area (Å²) in [6.45, 7) is 0.705. The van der Waals surface area contributed by atoms with Gasteiger partial charge in [-0.3, -0.25) is 4.79 Å². The molecule has 0 fully saturated rings. The highest BCUT2D eigenvalue weighted by Gasteiger charge is 2.21. The topological polar surface area (TPSA) is 40.5 Å². The van der Waals surface area contributed by atoms with Gasteiger partial charge < -0.3 is 10.0 Å². The first-order valence-corrected chi connectivity index (χ1v) is 6.77. The Morgan fingerprint density at radius 1 is 1.14 bits per heavy atom. The lowest BCUT2D eigenvalue weighted by molar-refractivity contribution is -0.139. The first kappa shape index (κ1) is 15.2. The van der Waals surface area contributed by atoms with Crippen LogP contribution in [0, 0.1) is 5.82 Å². The van der Waals surface area contributed by atoms with Gasteiger partial charge in [-0.1, -0.05) is 48.5 Å². The molecule has 2 aromatic rings. The predicted octanol–water partition coefficient (Wildman–Crippen LogP) is 3.13. The van der Waals surface area contributed by atoms with Crippen LogP contribution in [0.5, 0.6) is 0 Å². The van der Waals surface area contributed by atoms with E-state index in [0.29, 0.717) is 18.7 Å².